The average molecular weight is 868 g/mol. The van der Waals surface area contributed by atoms with E-state index in [-0.39, 0.29) is 90.6 Å². The van der Waals surface area contributed by atoms with Gasteiger partial charge in [0.15, 0.2) is 24.7 Å². The van der Waals surface area contributed by atoms with Crippen molar-refractivity contribution in [3.8, 4) is 0 Å². The van der Waals surface area contributed by atoms with E-state index in [4.69, 9.17) is 47.4 Å². The van der Waals surface area contributed by atoms with Gasteiger partial charge in [0.05, 0.1) is 43.5 Å². The van der Waals surface area contributed by atoms with Crippen molar-refractivity contribution in [3.63, 3.8) is 0 Å². The van der Waals surface area contributed by atoms with Gasteiger partial charge in [-0.3, -0.25) is 9.59 Å². The van der Waals surface area contributed by atoms with E-state index in [1.54, 1.807) is 34.5 Å². The van der Waals surface area contributed by atoms with Gasteiger partial charge in [-0.2, -0.15) is 0 Å². The van der Waals surface area contributed by atoms with Gasteiger partial charge in [-0.05, 0) is 72.0 Å². The van der Waals surface area contributed by atoms with Crippen molar-refractivity contribution in [1.29, 1.82) is 0 Å². The number of ether oxygens (including phenoxy) is 10. The van der Waals surface area contributed by atoms with Crippen LogP contribution >= 0.6 is 0 Å². The van der Waals surface area contributed by atoms with E-state index in [2.05, 4.69) is 60.5 Å². The molecule has 61 heavy (non-hydrogen) atoms. The van der Waals surface area contributed by atoms with Crippen molar-refractivity contribution in [2.75, 3.05) is 55.7 Å². The minimum atomic E-state index is -0.700. The lowest BCUT2D eigenvalue weighted by Gasteiger charge is -2.49. The second-order valence-corrected chi connectivity index (χ2v) is 18.4. The second-order valence-electron chi connectivity index (χ2n) is 18.4. The summed E-state index contributed by atoms with van der Waals surface area (Å²) in [4.78, 5) is 30.6. The zero-order valence-electron chi connectivity index (χ0n) is 40.6. The molecule has 0 unspecified atom stereocenters. The number of rotatable bonds is 17. The molecule has 0 amide bonds. The quantitative estimate of drug-likeness (QED) is 0.0808. The summed E-state index contributed by atoms with van der Waals surface area (Å²) in [5.74, 6) is -1.29. The molecule has 3 heterocycles. The van der Waals surface area contributed by atoms with Crippen molar-refractivity contribution < 1.29 is 57.0 Å². The van der Waals surface area contributed by atoms with E-state index in [0.717, 1.165) is 18.4 Å². The molecule has 354 valence electrons. The Bertz CT molecular complexity index is 1360. The number of methoxy groups -OCH3 is 4. The van der Waals surface area contributed by atoms with Crippen molar-refractivity contribution in [2.45, 2.75) is 175 Å². The third kappa shape index (κ3) is 14.9. The Hall–Kier alpha value is -1.78. The fraction of sp³-hybridized carbons (Fsp3) is 0.875. The predicted molar refractivity (Wildman–Crippen MR) is 236 cm³/mol. The third-order valence-corrected chi connectivity index (χ3v) is 13.8. The highest BCUT2D eigenvalue weighted by Crippen LogP contribution is 2.39. The second kappa shape index (κ2) is 26.2. The van der Waals surface area contributed by atoms with Crippen molar-refractivity contribution in [3.05, 3.63) is 23.8 Å². The molecule has 13 nitrogen and oxygen atoms in total. The summed E-state index contributed by atoms with van der Waals surface area (Å²) in [7, 11) is 10.8. The summed E-state index contributed by atoms with van der Waals surface area (Å²) in [5.41, 5.74) is 0.841. The monoisotopic (exact) mass is 868 g/mol. The first-order valence-electron chi connectivity index (χ1n) is 23.0. The molecule has 0 saturated carbocycles. The normalized spacial score (nSPS) is 40.2. The molecule has 13 heteroatoms. The molecule has 0 aromatic heterocycles. The molecular formula is C48H85NO12. The molecule has 2 fully saturated rings. The van der Waals surface area contributed by atoms with Gasteiger partial charge in [0, 0.05) is 77.1 Å². The number of unbranched alkanes of at least 4 members (excludes halogenated alkanes) is 1. The Morgan fingerprint density at radius 3 is 2.02 bits per heavy atom. The molecule has 3 aliphatic heterocycles. The number of carbonyl (C=O) groups is 2. The van der Waals surface area contributed by atoms with Gasteiger partial charge in [-0.25, -0.2) is 0 Å². The molecule has 0 aromatic carbocycles. The molecule has 0 bridgehead atoms. The molecule has 17 atom stereocenters. The van der Waals surface area contributed by atoms with Gasteiger partial charge >= 0.3 is 5.97 Å². The maximum Gasteiger partial charge on any atom is 0.308 e. The number of allylic oxidation sites excluding steroid dienone is 3. The standard InChI is InChI=1S/C48H85NO12/c1-17-19-22-56-40-26-41(51)60-39(18-2)37(27-57-48-46(55-16)45(54-15)31(6)35(10)59-48)23-28(3)20-21-38(50)29(4)24-36(25-42(52-13)53-14)44(32(40)7)61-47-33(8)43(49(11)12)30(5)34(9)58-47/h20-21,23,29-37,39-40,42-48H,17-19,22,24-27H2,1-16H3/b21-20+,28-23+/t29-,30-,31-,32+,33-,34-,35-,36-,37-,39-,40-,43+,44-,45-,46-,47+,48-/m1/s1. The summed E-state index contributed by atoms with van der Waals surface area (Å²) >= 11 is 0. The van der Waals surface area contributed by atoms with Crippen LogP contribution in [0.25, 0.3) is 0 Å². The fourth-order valence-corrected chi connectivity index (χ4v) is 9.71. The van der Waals surface area contributed by atoms with E-state index in [9.17, 15) is 9.59 Å². The lowest BCUT2D eigenvalue weighted by Crippen LogP contribution is -2.56. The first kappa shape index (κ1) is 53.6. The van der Waals surface area contributed by atoms with Crippen LogP contribution in [-0.4, -0.2) is 140 Å². The highest BCUT2D eigenvalue weighted by atomic mass is 16.7. The predicted octanol–water partition coefficient (Wildman–Crippen LogP) is 7.63. The van der Waals surface area contributed by atoms with Crippen LogP contribution < -0.4 is 0 Å². The highest BCUT2D eigenvalue weighted by Gasteiger charge is 2.47. The number of esters is 1. The van der Waals surface area contributed by atoms with Crippen molar-refractivity contribution in [2.24, 2.45) is 41.4 Å². The summed E-state index contributed by atoms with van der Waals surface area (Å²) in [6, 6.07) is 0.203. The topological polar surface area (TPSA) is 130 Å². The zero-order chi connectivity index (χ0) is 45.6. The molecule has 3 rings (SSSR count). The van der Waals surface area contributed by atoms with Crippen LogP contribution in [0.3, 0.4) is 0 Å². The maximum atomic E-state index is 14.3. The highest BCUT2D eigenvalue weighted by molar-refractivity contribution is 5.91. The Morgan fingerprint density at radius 1 is 0.787 bits per heavy atom. The van der Waals surface area contributed by atoms with E-state index < -0.39 is 43.3 Å². The van der Waals surface area contributed by atoms with Gasteiger partial charge in [0.2, 0.25) is 0 Å². The minimum Gasteiger partial charge on any atom is -0.462 e. The molecule has 0 spiro atoms. The van der Waals surface area contributed by atoms with Gasteiger partial charge in [0.1, 0.15) is 12.2 Å². The Balaban J connectivity index is 2.11. The minimum absolute atomic E-state index is 0.00527. The number of cyclic esters (lactones) is 1. The number of nitrogens with zero attached hydrogens (tertiary/aromatic N) is 1. The van der Waals surface area contributed by atoms with E-state index in [1.807, 2.05) is 39.8 Å². The Morgan fingerprint density at radius 2 is 1.43 bits per heavy atom. The molecule has 0 aromatic rings. The summed E-state index contributed by atoms with van der Waals surface area (Å²) in [5, 5.41) is 0. The molecular weight excluding hydrogens is 783 g/mol. The van der Waals surface area contributed by atoms with Gasteiger partial charge in [-0.15, -0.1) is 0 Å². The fourth-order valence-electron chi connectivity index (χ4n) is 9.71. The average Bonchev–Trinajstić information content (AvgIpc) is 3.22. The first-order valence-corrected chi connectivity index (χ1v) is 23.0. The third-order valence-electron chi connectivity index (χ3n) is 13.8. The number of hydrogen-bond donors (Lipinski definition) is 0. The summed E-state index contributed by atoms with van der Waals surface area (Å²) in [6.45, 7) is 21.3. The van der Waals surface area contributed by atoms with Crippen LogP contribution in [0.2, 0.25) is 0 Å². The summed E-state index contributed by atoms with van der Waals surface area (Å²) < 4.78 is 63.1. The Kier molecular flexibility index (Phi) is 23.0. The van der Waals surface area contributed by atoms with Crippen LogP contribution in [-0.2, 0) is 57.0 Å². The van der Waals surface area contributed by atoms with Crippen LogP contribution in [0.1, 0.15) is 108 Å². The molecule has 0 radical (unpaired) electrons. The number of hydrogen-bond acceptors (Lipinski definition) is 13. The van der Waals surface area contributed by atoms with Crippen molar-refractivity contribution >= 4 is 11.8 Å². The maximum absolute atomic E-state index is 14.3. The summed E-state index contributed by atoms with van der Waals surface area (Å²) in [6.07, 6.45) is 4.45. The van der Waals surface area contributed by atoms with Gasteiger partial charge < -0.3 is 52.3 Å². The van der Waals surface area contributed by atoms with Crippen LogP contribution in [0.4, 0.5) is 0 Å². The molecule has 3 aliphatic rings. The number of carbonyl (C=O) groups excluding carboxylic acids is 2. The van der Waals surface area contributed by atoms with E-state index in [0.29, 0.717) is 25.9 Å². The lowest BCUT2D eigenvalue weighted by atomic mass is 9.78. The largest absolute Gasteiger partial charge is 0.462 e. The first-order chi connectivity index (χ1) is 29.0. The smallest absolute Gasteiger partial charge is 0.308 e. The van der Waals surface area contributed by atoms with Crippen LogP contribution in [0.5, 0.6) is 0 Å². The van der Waals surface area contributed by atoms with Crippen molar-refractivity contribution in [1.82, 2.24) is 4.90 Å². The zero-order valence-corrected chi connectivity index (χ0v) is 40.6. The molecule has 2 saturated heterocycles. The van der Waals surface area contributed by atoms with Crippen LogP contribution in [0.15, 0.2) is 23.8 Å². The van der Waals surface area contributed by atoms with Gasteiger partial charge in [-0.1, -0.05) is 72.6 Å². The lowest BCUT2D eigenvalue weighted by molar-refractivity contribution is -0.292. The van der Waals surface area contributed by atoms with Gasteiger partial charge in [0.25, 0.3) is 0 Å². The number of ketones is 1. The SMILES string of the molecule is CCCCO[C@@H]1CC(=O)O[C@H](CC)[C@@H](CO[C@@H]2O[C@H](C)[C@@H](C)[C@@H](OC)[C@H]2OC)/C=C(C)/C=C/C(=O)[C@H](C)C[C@H](CC(OC)OC)[C@H](O[C@@H]2O[C@H](C)[C@@H](C)[C@H](N(C)C)[C@H]2C)[C@H]1C. The Labute approximate surface area is 369 Å². The van der Waals surface area contributed by atoms with E-state index in [1.165, 1.54) is 0 Å². The molecule has 0 N–H and O–H groups in total. The van der Waals surface area contributed by atoms with Crippen LogP contribution in [0, 0.1) is 41.4 Å². The molecule has 0 aliphatic carbocycles. The van der Waals surface area contributed by atoms with E-state index >= 15 is 0 Å².